The summed E-state index contributed by atoms with van der Waals surface area (Å²) in [5.74, 6) is -0.262. The molecular formula is C15H17F2N3O3. The van der Waals surface area contributed by atoms with Crippen LogP contribution in [-0.2, 0) is 11.2 Å². The first-order valence-electron chi connectivity index (χ1n) is 6.94. The molecule has 8 heteroatoms. The number of carbonyl (C=O) groups excluding carboxylic acids is 1. The standard InChI is InChI=1S/C15H17F2N3O3/c1-9-6-11(20-19-9)7-14(22)18-8-13(21)10-2-4-12(5-3-10)23-15(16)17/h2-6,13,15,21H,7-8H2,1H3,(H,18,22)(H,19,20)/t13-/m1/s1. The zero-order chi connectivity index (χ0) is 16.8. The van der Waals surface area contributed by atoms with Gasteiger partial charge in [0, 0.05) is 12.2 Å². The monoisotopic (exact) mass is 325 g/mol. The van der Waals surface area contributed by atoms with Crippen molar-refractivity contribution in [2.45, 2.75) is 26.1 Å². The summed E-state index contributed by atoms with van der Waals surface area (Å²) in [5.41, 5.74) is 1.96. The van der Waals surface area contributed by atoms with Gasteiger partial charge in [0.25, 0.3) is 0 Å². The number of nitrogens with zero attached hydrogens (tertiary/aromatic N) is 1. The fourth-order valence-corrected chi connectivity index (χ4v) is 1.99. The number of ether oxygens (including phenoxy) is 1. The lowest BCUT2D eigenvalue weighted by molar-refractivity contribution is -0.121. The number of aliphatic hydroxyl groups excluding tert-OH is 1. The van der Waals surface area contributed by atoms with Crippen molar-refractivity contribution in [1.29, 1.82) is 0 Å². The van der Waals surface area contributed by atoms with Gasteiger partial charge in [-0.3, -0.25) is 9.89 Å². The first-order chi connectivity index (χ1) is 10.9. The zero-order valence-electron chi connectivity index (χ0n) is 12.4. The van der Waals surface area contributed by atoms with Crippen LogP contribution in [0.1, 0.15) is 23.1 Å². The van der Waals surface area contributed by atoms with Gasteiger partial charge < -0.3 is 15.2 Å². The van der Waals surface area contributed by atoms with E-state index in [9.17, 15) is 18.7 Å². The van der Waals surface area contributed by atoms with Crippen molar-refractivity contribution in [2.24, 2.45) is 0 Å². The molecule has 1 amide bonds. The summed E-state index contributed by atoms with van der Waals surface area (Å²) < 4.78 is 28.3. The minimum absolute atomic E-state index is 0.00823. The number of amides is 1. The molecule has 0 unspecified atom stereocenters. The van der Waals surface area contributed by atoms with Crippen LogP contribution in [0.15, 0.2) is 30.3 Å². The Hall–Kier alpha value is -2.48. The first-order valence-corrected chi connectivity index (χ1v) is 6.94. The Morgan fingerprint density at radius 1 is 1.39 bits per heavy atom. The molecule has 23 heavy (non-hydrogen) atoms. The largest absolute Gasteiger partial charge is 0.435 e. The number of rotatable bonds is 7. The molecule has 3 N–H and O–H groups in total. The number of alkyl halides is 2. The van der Waals surface area contributed by atoms with Gasteiger partial charge in [-0.1, -0.05) is 12.1 Å². The molecular weight excluding hydrogens is 308 g/mol. The van der Waals surface area contributed by atoms with Crippen molar-refractivity contribution in [2.75, 3.05) is 6.54 Å². The Morgan fingerprint density at radius 2 is 2.09 bits per heavy atom. The Kier molecular flexibility index (Phi) is 5.64. The predicted molar refractivity (Wildman–Crippen MR) is 78.1 cm³/mol. The van der Waals surface area contributed by atoms with E-state index in [1.54, 1.807) is 6.07 Å². The second-order valence-corrected chi connectivity index (χ2v) is 4.99. The molecule has 1 aromatic heterocycles. The van der Waals surface area contributed by atoms with Crippen LogP contribution in [0.25, 0.3) is 0 Å². The molecule has 1 atom stereocenters. The molecule has 0 radical (unpaired) electrons. The van der Waals surface area contributed by atoms with Gasteiger partial charge in [0.15, 0.2) is 0 Å². The lowest BCUT2D eigenvalue weighted by Crippen LogP contribution is -2.29. The van der Waals surface area contributed by atoms with Crippen LogP contribution in [-0.4, -0.2) is 34.4 Å². The lowest BCUT2D eigenvalue weighted by atomic mass is 10.1. The van der Waals surface area contributed by atoms with E-state index in [2.05, 4.69) is 20.3 Å². The molecule has 0 fully saturated rings. The zero-order valence-corrected chi connectivity index (χ0v) is 12.4. The number of carbonyl (C=O) groups is 1. The van der Waals surface area contributed by atoms with Crippen LogP contribution in [0.3, 0.4) is 0 Å². The van der Waals surface area contributed by atoms with E-state index >= 15 is 0 Å². The van der Waals surface area contributed by atoms with Crippen LogP contribution in [0.5, 0.6) is 5.75 Å². The van der Waals surface area contributed by atoms with Crippen molar-refractivity contribution in [3.8, 4) is 5.75 Å². The number of benzene rings is 1. The highest BCUT2D eigenvalue weighted by Crippen LogP contribution is 2.19. The highest BCUT2D eigenvalue weighted by molar-refractivity contribution is 5.78. The molecule has 0 bridgehead atoms. The van der Waals surface area contributed by atoms with E-state index < -0.39 is 12.7 Å². The van der Waals surface area contributed by atoms with E-state index in [1.165, 1.54) is 24.3 Å². The van der Waals surface area contributed by atoms with Crippen LogP contribution in [0.4, 0.5) is 8.78 Å². The van der Waals surface area contributed by atoms with E-state index in [-0.39, 0.29) is 24.6 Å². The lowest BCUT2D eigenvalue weighted by Gasteiger charge is -2.13. The molecule has 1 heterocycles. The van der Waals surface area contributed by atoms with E-state index in [1.807, 2.05) is 6.92 Å². The smallest absolute Gasteiger partial charge is 0.387 e. The Balaban J connectivity index is 1.81. The molecule has 0 aliphatic carbocycles. The third-order valence-electron chi connectivity index (χ3n) is 3.08. The molecule has 0 aliphatic rings. The van der Waals surface area contributed by atoms with Crippen LogP contribution >= 0.6 is 0 Å². The van der Waals surface area contributed by atoms with Crippen molar-refractivity contribution in [1.82, 2.24) is 15.5 Å². The molecule has 2 aromatic rings. The summed E-state index contributed by atoms with van der Waals surface area (Å²) in [4.78, 5) is 11.8. The summed E-state index contributed by atoms with van der Waals surface area (Å²) in [5, 5.41) is 19.3. The maximum Gasteiger partial charge on any atom is 0.387 e. The molecule has 0 aliphatic heterocycles. The molecule has 0 spiro atoms. The van der Waals surface area contributed by atoms with Gasteiger partial charge in [-0.15, -0.1) is 0 Å². The van der Waals surface area contributed by atoms with Gasteiger partial charge >= 0.3 is 6.61 Å². The van der Waals surface area contributed by atoms with Crippen molar-refractivity contribution in [3.63, 3.8) is 0 Å². The SMILES string of the molecule is Cc1cc(CC(=O)NC[C@@H](O)c2ccc(OC(F)F)cc2)n[nH]1. The van der Waals surface area contributed by atoms with E-state index in [0.717, 1.165) is 5.69 Å². The number of aromatic nitrogens is 2. The molecule has 6 nitrogen and oxygen atoms in total. The number of aliphatic hydroxyl groups is 1. The number of aromatic amines is 1. The number of halogens is 2. The number of hydrogen-bond donors (Lipinski definition) is 3. The summed E-state index contributed by atoms with van der Waals surface area (Å²) in [7, 11) is 0. The molecule has 2 rings (SSSR count). The molecule has 0 saturated carbocycles. The van der Waals surface area contributed by atoms with Gasteiger partial charge in [0.05, 0.1) is 18.2 Å². The van der Waals surface area contributed by atoms with E-state index in [0.29, 0.717) is 11.3 Å². The summed E-state index contributed by atoms with van der Waals surface area (Å²) in [6, 6.07) is 7.35. The average Bonchev–Trinajstić information content (AvgIpc) is 2.90. The van der Waals surface area contributed by atoms with Crippen molar-refractivity contribution in [3.05, 3.63) is 47.3 Å². The van der Waals surface area contributed by atoms with E-state index in [4.69, 9.17) is 0 Å². The minimum Gasteiger partial charge on any atom is -0.435 e. The highest BCUT2D eigenvalue weighted by Gasteiger charge is 2.12. The average molecular weight is 325 g/mol. The molecule has 124 valence electrons. The van der Waals surface area contributed by atoms with Gasteiger partial charge in [-0.25, -0.2) is 0 Å². The van der Waals surface area contributed by atoms with Crippen molar-refractivity contribution >= 4 is 5.91 Å². The number of nitrogens with one attached hydrogen (secondary N) is 2. The third-order valence-corrected chi connectivity index (χ3v) is 3.08. The van der Waals surface area contributed by atoms with Gasteiger partial charge in [0.2, 0.25) is 5.91 Å². The van der Waals surface area contributed by atoms with Gasteiger partial charge in [-0.2, -0.15) is 13.9 Å². The highest BCUT2D eigenvalue weighted by atomic mass is 19.3. The first kappa shape index (κ1) is 16.9. The topological polar surface area (TPSA) is 87.2 Å². The van der Waals surface area contributed by atoms with Gasteiger partial charge in [-0.05, 0) is 30.7 Å². The number of hydrogen-bond acceptors (Lipinski definition) is 4. The van der Waals surface area contributed by atoms with Crippen molar-refractivity contribution < 1.29 is 23.4 Å². The predicted octanol–water partition coefficient (Wildman–Crippen LogP) is 1.71. The van der Waals surface area contributed by atoms with Crippen LogP contribution in [0.2, 0.25) is 0 Å². The summed E-state index contributed by atoms with van der Waals surface area (Å²) in [6.45, 7) is -1.05. The van der Waals surface area contributed by atoms with Crippen LogP contribution in [0, 0.1) is 6.92 Å². The molecule has 1 aromatic carbocycles. The minimum atomic E-state index is -2.89. The maximum absolute atomic E-state index is 12.0. The third kappa shape index (κ3) is 5.33. The Bertz CT molecular complexity index is 644. The second-order valence-electron chi connectivity index (χ2n) is 4.99. The summed E-state index contributed by atoms with van der Waals surface area (Å²) >= 11 is 0. The van der Waals surface area contributed by atoms with Gasteiger partial charge in [0.1, 0.15) is 5.75 Å². The summed E-state index contributed by atoms with van der Waals surface area (Å²) in [6.07, 6.45) is -0.835. The number of aryl methyl sites for hydroxylation is 1. The maximum atomic E-state index is 12.0. The molecule has 0 saturated heterocycles. The fourth-order valence-electron chi connectivity index (χ4n) is 1.99. The normalized spacial score (nSPS) is 12.2. The Labute approximate surface area is 131 Å². The number of H-pyrrole nitrogens is 1. The quantitative estimate of drug-likeness (QED) is 0.723. The van der Waals surface area contributed by atoms with Crippen LogP contribution < -0.4 is 10.1 Å². The Morgan fingerprint density at radius 3 is 2.65 bits per heavy atom. The fraction of sp³-hybridized carbons (Fsp3) is 0.333. The second kappa shape index (κ2) is 7.68.